The molecule has 1 heterocycles. The van der Waals surface area contributed by atoms with Gasteiger partial charge in [-0.15, -0.1) is 0 Å². The fourth-order valence-corrected chi connectivity index (χ4v) is 3.31. The smallest absolute Gasteiger partial charge is 0.0934 e. The monoisotopic (exact) mass is 319 g/mol. The fraction of sp³-hybridized carbons (Fsp3) is 0.400. The summed E-state index contributed by atoms with van der Waals surface area (Å²) in [7, 11) is 0. The average Bonchev–Trinajstić information content (AvgIpc) is 2.86. The van der Waals surface area contributed by atoms with Crippen LogP contribution in [0.15, 0.2) is 34.9 Å². The van der Waals surface area contributed by atoms with Crippen LogP contribution >= 0.6 is 15.9 Å². The van der Waals surface area contributed by atoms with Crippen molar-refractivity contribution in [2.75, 3.05) is 11.9 Å². The molecule has 3 N–H and O–H groups in total. The van der Waals surface area contributed by atoms with E-state index in [1.807, 2.05) is 6.20 Å². The maximum absolute atomic E-state index is 5.85. The molecule has 3 rings (SSSR count). The van der Waals surface area contributed by atoms with Gasteiger partial charge in [0, 0.05) is 22.1 Å². The largest absolute Gasteiger partial charge is 0.380 e. The Morgan fingerprint density at radius 1 is 1.37 bits per heavy atom. The van der Waals surface area contributed by atoms with Crippen molar-refractivity contribution in [1.29, 1.82) is 0 Å². The van der Waals surface area contributed by atoms with Crippen LogP contribution in [0.3, 0.4) is 0 Å². The van der Waals surface area contributed by atoms with Gasteiger partial charge in [-0.2, -0.15) is 0 Å². The number of pyridine rings is 1. The lowest BCUT2D eigenvalue weighted by Crippen LogP contribution is -2.29. The maximum Gasteiger partial charge on any atom is 0.0934 e. The second-order valence-electron chi connectivity index (χ2n) is 5.21. The lowest BCUT2D eigenvalue weighted by atomic mass is 10.0. The minimum Gasteiger partial charge on any atom is -0.380 e. The Morgan fingerprint density at radius 3 is 3.11 bits per heavy atom. The van der Waals surface area contributed by atoms with Crippen LogP contribution in [0.5, 0.6) is 0 Å². The van der Waals surface area contributed by atoms with Crippen LogP contribution in [0.1, 0.15) is 19.3 Å². The molecule has 0 radical (unpaired) electrons. The van der Waals surface area contributed by atoms with Gasteiger partial charge in [-0.05, 0) is 53.4 Å². The molecular weight excluding hydrogens is 302 g/mol. The van der Waals surface area contributed by atoms with Crippen LogP contribution in [0.4, 0.5) is 5.69 Å². The van der Waals surface area contributed by atoms with Gasteiger partial charge < -0.3 is 11.1 Å². The average molecular weight is 320 g/mol. The number of nitrogens with one attached hydrogen (secondary N) is 1. The summed E-state index contributed by atoms with van der Waals surface area (Å²) in [6.45, 7) is 0.765. The minimum absolute atomic E-state index is 0.487. The topological polar surface area (TPSA) is 50.9 Å². The van der Waals surface area contributed by atoms with Crippen LogP contribution in [-0.2, 0) is 0 Å². The quantitative estimate of drug-likeness (QED) is 0.909. The van der Waals surface area contributed by atoms with Crippen molar-refractivity contribution in [2.45, 2.75) is 25.3 Å². The molecule has 2 unspecified atom stereocenters. The van der Waals surface area contributed by atoms with Crippen LogP contribution in [0.25, 0.3) is 10.9 Å². The van der Waals surface area contributed by atoms with Gasteiger partial charge in [0.15, 0.2) is 0 Å². The number of anilines is 1. The van der Waals surface area contributed by atoms with Gasteiger partial charge in [0.1, 0.15) is 0 Å². The summed E-state index contributed by atoms with van der Waals surface area (Å²) in [6.07, 6.45) is 5.55. The molecule has 19 heavy (non-hydrogen) atoms. The van der Waals surface area contributed by atoms with E-state index in [0.29, 0.717) is 12.0 Å². The van der Waals surface area contributed by atoms with Gasteiger partial charge >= 0.3 is 0 Å². The summed E-state index contributed by atoms with van der Waals surface area (Å²) < 4.78 is 1.01. The highest BCUT2D eigenvalue weighted by Crippen LogP contribution is 2.30. The first-order chi connectivity index (χ1) is 9.28. The second-order valence-corrected chi connectivity index (χ2v) is 6.12. The van der Waals surface area contributed by atoms with Gasteiger partial charge in [0.2, 0.25) is 0 Å². The zero-order chi connectivity index (χ0) is 13.2. The Balaban J connectivity index is 1.92. The van der Waals surface area contributed by atoms with E-state index in [1.165, 1.54) is 19.3 Å². The molecule has 1 aromatic carbocycles. The minimum atomic E-state index is 0.487. The third kappa shape index (κ3) is 2.60. The van der Waals surface area contributed by atoms with Gasteiger partial charge in [0.05, 0.1) is 11.2 Å². The summed E-state index contributed by atoms with van der Waals surface area (Å²) in [5.41, 5.74) is 8.00. The normalized spacial score (nSPS) is 22.8. The van der Waals surface area contributed by atoms with Gasteiger partial charge in [-0.25, -0.2) is 0 Å². The Kier molecular flexibility index (Phi) is 3.71. The predicted octanol–water partition coefficient (Wildman–Crippen LogP) is 3.54. The van der Waals surface area contributed by atoms with Crippen molar-refractivity contribution in [3.05, 3.63) is 34.9 Å². The molecule has 1 aliphatic rings. The zero-order valence-electron chi connectivity index (χ0n) is 10.8. The molecular formula is C15H18BrN3. The number of halogens is 1. The third-order valence-electron chi connectivity index (χ3n) is 3.98. The number of rotatable bonds is 3. The standard InChI is InChI=1S/C15H18BrN3/c16-12-7-10-3-1-6-14(15(10)18-9-12)19-13-5-2-4-11(13)8-17/h1,3,6-7,9,11,13,19H,2,4-5,8,17H2. The van der Waals surface area contributed by atoms with Crippen LogP contribution < -0.4 is 11.1 Å². The van der Waals surface area contributed by atoms with E-state index in [4.69, 9.17) is 5.73 Å². The highest BCUT2D eigenvalue weighted by atomic mass is 79.9. The molecule has 1 fully saturated rings. The molecule has 0 aliphatic heterocycles. The molecule has 0 saturated heterocycles. The van der Waals surface area contributed by atoms with Crippen molar-refractivity contribution in [2.24, 2.45) is 11.7 Å². The number of fused-ring (bicyclic) bond motifs is 1. The van der Waals surface area contributed by atoms with E-state index < -0.39 is 0 Å². The van der Waals surface area contributed by atoms with E-state index in [-0.39, 0.29) is 0 Å². The van der Waals surface area contributed by atoms with Crippen molar-refractivity contribution in [3.63, 3.8) is 0 Å². The van der Waals surface area contributed by atoms with Crippen molar-refractivity contribution in [1.82, 2.24) is 4.98 Å². The second kappa shape index (κ2) is 5.47. The first-order valence-electron chi connectivity index (χ1n) is 6.79. The zero-order valence-corrected chi connectivity index (χ0v) is 12.4. The lowest BCUT2D eigenvalue weighted by Gasteiger charge is -2.21. The molecule has 0 spiro atoms. The Morgan fingerprint density at radius 2 is 2.26 bits per heavy atom. The molecule has 1 saturated carbocycles. The first-order valence-corrected chi connectivity index (χ1v) is 7.58. The number of hydrogen-bond acceptors (Lipinski definition) is 3. The molecule has 1 aliphatic carbocycles. The van der Waals surface area contributed by atoms with Crippen molar-refractivity contribution < 1.29 is 0 Å². The Labute approximate surface area is 121 Å². The number of nitrogens with zero attached hydrogens (tertiary/aromatic N) is 1. The fourth-order valence-electron chi connectivity index (χ4n) is 2.96. The summed E-state index contributed by atoms with van der Waals surface area (Å²) in [5.74, 6) is 0.589. The number of benzene rings is 1. The van der Waals surface area contributed by atoms with Crippen LogP contribution in [0, 0.1) is 5.92 Å². The van der Waals surface area contributed by atoms with Gasteiger partial charge in [-0.3, -0.25) is 4.98 Å². The molecule has 2 atom stereocenters. The van der Waals surface area contributed by atoms with Crippen LogP contribution in [0.2, 0.25) is 0 Å². The molecule has 4 heteroatoms. The van der Waals surface area contributed by atoms with E-state index in [0.717, 1.165) is 27.6 Å². The van der Waals surface area contributed by atoms with Crippen molar-refractivity contribution >= 4 is 32.5 Å². The molecule has 0 amide bonds. The maximum atomic E-state index is 5.85. The van der Waals surface area contributed by atoms with E-state index in [9.17, 15) is 0 Å². The van der Waals surface area contributed by atoms with E-state index >= 15 is 0 Å². The number of para-hydroxylation sites is 1. The summed E-state index contributed by atoms with van der Waals surface area (Å²) in [5, 5.41) is 4.80. The van der Waals surface area contributed by atoms with Gasteiger partial charge in [0.25, 0.3) is 0 Å². The number of nitrogens with two attached hydrogens (primary N) is 1. The van der Waals surface area contributed by atoms with Crippen LogP contribution in [-0.4, -0.2) is 17.6 Å². The molecule has 1 aromatic heterocycles. The highest BCUT2D eigenvalue weighted by molar-refractivity contribution is 9.10. The number of hydrogen-bond donors (Lipinski definition) is 2. The van der Waals surface area contributed by atoms with Crippen molar-refractivity contribution in [3.8, 4) is 0 Å². The molecule has 2 aromatic rings. The summed E-state index contributed by atoms with van der Waals surface area (Å²) in [6, 6.07) is 8.86. The summed E-state index contributed by atoms with van der Waals surface area (Å²) >= 11 is 3.47. The molecule has 0 bridgehead atoms. The Bertz CT molecular complexity index is 585. The third-order valence-corrected chi connectivity index (χ3v) is 4.41. The van der Waals surface area contributed by atoms with E-state index in [1.54, 1.807) is 0 Å². The SMILES string of the molecule is NCC1CCCC1Nc1cccc2cc(Br)cnc12. The van der Waals surface area contributed by atoms with Gasteiger partial charge in [-0.1, -0.05) is 18.6 Å². The molecule has 3 nitrogen and oxygen atoms in total. The number of aromatic nitrogens is 1. The van der Waals surface area contributed by atoms with E-state index in [2.05, 4.69) is 50.5 Å². The highest BCUT2D eigenvalue weighted by Gasteiger charge is 2.26. The first kappa shape index (κ1) is 12.9. The predicted molar refractivity (Wildman–Crippen MR) is 83.2 cm³/mol. The Hall–Kier alpha value is -1.13. The lowest BCUT2D eigenvalue weighted by molar-refractivity contribution is 0.517. The summed E-state index contributed by atoms with van der Waals surface area (Å²) in [4.78, 5) is 4.53. The molecule has 100 valence electrons.